The van der Waals surface area contributed by atoms with Gasteiger partial charge in [0, 0.05) is 0 Å². The fourth-order valence-electron chi connectivity index (χ4n) is 2.30. The average molecular weight is 402 g/mol. The molecule has 0 aliphatic carbocycles. The van der Waals surface area contributed by atoms with Gasteiger partial charge in [-0.25, -0.2) is 4.98 Å². The van der Waals surface area contributed by atoms with Crippen LogP contribution in [0.5, 0.6) is 10.9 Å². The summed E-state index contributed by atoms with van der Waals surface area (Å²) in [5.41, 5.74) is -1.35. The number of ether oxygens (including phenoxy) is 1. The maximum Gasteiger partial charge on any atom is 0.416 e. The molecule has 3 nitrogen and oxygen atoms in total. The van der Waals surface area contributed by atoms with Crippen LogP contribution in [0.4, 0.5) is 13.2 Å². The van der Waals surface area contributed by atoms with Crippen molar-refractivity contribution >= 4 is 33.2 Å². The topological polar surface area (TPSA) is 42.4 Å². The molecule has 0 spiro atoms. The highest BCUT2D eigenvalue weighted by Crippen LogP contribution is 2.36. The first-order valence-electron chi connectivity index (χ1n) is 7.77. The van der Waals surface area contributed by atoms with Crippen molar-refractivity contribution in [2.75, 3.05) is 0 Å². The minimum absolute atomic E-state index is 0.0354. The number of thiazole rings is 1. The minimum Gasteiger partial charge on any atom is -0.429 e. The van der Waals surface area contributed by atoms with E-state index in [1.165, 1.54) is 17.4 Å². The third-order valence-corrected chi connectivity index (χ3v) is 5.19. The number of hydrogen-bond donors (Lipinski definition) is 1. The number of halogens is 4. The molecule has 1 heterocycles. The van der Waals surface area contributed by atoms with Crippen LogP contribution in [0.15, 0.2) is 42.5 Å². The van der Waals surface area contributed by atoms with E-state index in [1.54, 1.807) is 12.1 Å². The zero-order chi connectivity index (χ0) is 18.9. The van der Waals surface area contributed by atoms with E-state index < -0.39 is 18.2 Å². The van der Waals surface area contributed by atoms with Crippen molar-refractivity contribution in [3.8, 4) is 10.9 Å². The summed E-state index contributed by atoms with van der Waals surface area (Å²) in [5, 5.41) is 10.2. The first-order chi connectivity index (χ1) is 12.2. The van der Waals surface area contributed by atoms with Gasteiger partial charge in [0.15, 0.2) is 5.60 Å². The van der Waals surface area contributed by atoms with Gasteiger partial charge in [0.2, 0.25) is 0 Å². The molecule has 0 amide bonds. The van der Waals surface area contributed by atoms with Crippen molar-refractivity contribution in [2.24, 2.45) is 0 Å². The predicted octanol–water partition coefficient (Wildman–Crippen LogP) is 5.99. The number of aromatic nitrogens is 1. The number of benzene rings is 2. The van der Waals surface area contributed by atoms with Crippen LogP contribution in [0.1, 0.15) is 18.9 Å². The lowest BCUT2D eigenvalue weighted by Crippen LogP contribution is -2.42. The van der Waals surface area contributed by atoms with E-state index in [0.29, 0.717) is 16.5 Å². The highest BCUT2D eigenvalue weighted by molar-refractivity contribution is 7.20. The quantitative estimate of drug-likeness (QED) is 0.571. The van der Waals surface area contributed by atoms with Gasteiger partial charge in [0.05, 0.1) is 15.2 Å². The van der Waals surface area contributed by atoms with E-state index in [2.05, 4.69) is 4.98 Å². The highest BCUT2D eigenvalue weighted by Gasteiger charge is 2.49. The molecule has 1 aromatic heterocycles. The van der Waals surface area contributed by atoms with Gasteiger partial charge in [-0.05, 0) is 49.6 Å². The molecule has 0 saturated carbocycles. The normalized spacial score (nSPS) is 14.4. The monoisotopic (exact) mass is 401 g/mol. The summed E-state index contributed by atoms with van der Waals surface area (Å²) in [7, 11) is 0. The van der Waals surface area contributed by atoms with Crippen LogP contribution in [-0.4, -0.2) is 21.9 Å². The van der Waals surface area contributed by atoms with E-state index in [-0.39, 0.29) is 11.4 Å². The van der Waals surface area contributed by atoms with Crippen molar-refractivity contribution in [3.05, 3.63) is 53.1 Å². The number of hydrogen-bond acceptors (Lipinski definition) is 4. The molecule has 26 heavy (non-hydrogen) atoms. The summed E-state index contributed by atoms with van der Waals surface area (Å²) in [6.45, 7) is 0.763. The molecule has 3 rings (SSSR count). The molecule has 0 radical (unpaired) electrons. The van der Waals surface area contributed by atoms with Gasteiger partial charge >= 0.3 is 6.18 Å². The molecule has 0 fully saturated rings. The van der Waals surface area contributed by atoms with Crippen LogP contribution < -0.4 is 4.74 Å². The van der Waals surface area contributed by atoms with Crippen LogP contribution in [-0.2, 0) is 6.42 Å². The Hall–Kier alpha value is -1.83. The largest absolute Gasteiger partial charge is 0.429 e. The molecule has 8 heteroatoms. The predicted molar refractivity (Wildman–Crippen MR) is 96.1 cm³/mol. The number of nitrogens with zero attached hydrogens (tertiary/aromatic N) is 1. The molecule has 1 N–H and O–H groups in total. The second-order valence-electron chi connectivity index (χ2n) is 6.09. The van der Waals surface area contributed by atoms with E-state index in [0.717, 1.165) is 17.1 Å². The molecule has 0 aliphatic rings. The van der Waals surface area contributed by atoms with Crippen LogP contribution >= 0.6 is 22.9 Å². The molecular weight excluding hydrogens is 387 g/mol. The van der Waals surface area contributed by atoms with Gasteiger partial charge in [-0.1, -0.05) is 41.1 Å². The summed E-state index contributed by atoms with van der Waals surface area (Å²) in [6.07, 6.45) is -5.09. The molecule has 0 bridgehead atoms. The molecule has 1 atom stereocenters. The first-order valence-corrected chi connectivity index (χ1v) is 8.96. The van der Waals surface area contributed by atoms with Gasteiger partial charge in [-0.3, -0.25) is 0 Å². The van der Waals surface area contributed by atoms with Crippen molar-refractivity contribution in [1.29, 1.82) is 0 Å². The van der Waals surface area contributed by atoms with Gasteiger partial charge < -0.3 is 9.84 Å². The van der Waals surface area contributed by atoms with Crippen LogP contribution in [0.25, 0.3) is 10.2 Å². The lowest BCUT2D eigenvalue weighted by Gasteiger charge is -2.26. The van der Waals surface area contributed by atoms with Crippen molar-refractivity contribution in [1.82, 2.24) is 4.98 Å². The van der Waals surface area contributed by atoms with E-state index in [4.69, 9.17) is 16.3 Å². The zero-order valence-corrected chi connectivity index (χ0v) is 15.3. The number of alkyl halides is 3. The molecule has 138 valence electrons. The Kier molecular flexibility index (Phi) is 5.14. The van der Waals surface area contributed by atoms with E-state index in [9.17, 15) is 18.3 Å². The van der Waals surface area contributed by atoms with Crippen molar-refractivity contribution < 1.29 is 23.0 Å². The number of aryl methyl sites for hydroxylation is 1. The Morgan fingerprint density at radius 1 is 1.19 bits per heavy atom. The molecule has 2 aromatic carbocycles. The minimum atomic E-state index is -4.67. The van der Waals surface area contributed by atoms with Gasteiger partial charge in [0.1, 0.15) is 5.75 Å². The number of fused-ring (bicyclic) bond motifs is 1. The Labute approximate surface area is 157 Å². The van der Waals surface area contributed by atoms with Gasteiger partial charge in [0.25, 0.3) is 5.19 Å². The second-order valence-corrected chi connectivity index (χ2v) is 7.49. The number of rotatable bonds is 5. The zero-order valence-electron chi connectivity index (χ0n) is 13.7. The maximum atomic E-state index is 12.7. The SMILES string of the molecule is CC(O)(CCc1ccc(Oc2nc3ccccc3s2)c(Cl)c1)C(F)(F)F. The molecule has 0 saturated heterocycles. The van der Waals surface area contributed by atoms with E-state index >= 15 is 0 Å². The summed E-state index contributed by atoms with van der Waals surface area (Å²) < 4.78 is 44.8. The van der Waals surface area contributed by atoms with Crippen molar-refractivity contribution in [3.63, 3.8) is 0 Å². The summed E-state index contributed by atoms with van der Waals surface area (Å²) in [4.78, 5) is 4.35. The number of para-hydroxylation sites is 1. The smallest absolute Gasteiger partial charge is 0.416 e. The summed E-state index contributed by atoms with van der Waals surface area (Å²) in [6, 6.07) is 12.3. The Bertz CT molecular complexity index is 891. The van der Waals surface area contributed by atoms with Crippen LogP contribution in [0, 0.1) is 0 Å². The third kappa shape index (κ3) is 4.11. The Balaban J connectivity index is 1.71. The Morgan fingerprint density at radius 2 is 1.92 bits per heavy atom. The average Bonchev–Trinajstić information content (AvgIpc) is 2.96. The van der Waals surface area contributed by atoms with Gasteiger partial charge in [-0.2, -0.15) is 13.2 Å². The third-order valence-electron chi connectivity index (χ3n) is 3.98. The maximum absolute atomic E-state index is 12.7. The fraction of sp³-hybridized carbons (Fsp3) is 0.278. The molecule has 3 aromatic rings. The highest BCUT2D eigenvalue weighted by atomic mass is 35.5. The van der Waals surface area contributed by atoms with Crippen LogP contribution in [0.3, 0.4) is 0 Å². The lowest BCUT2D eigenvalue weighted by atomic mass is 9.96. The van der Waals surface area contributed by atoms with Crippen LogP contribution in [0.2, 0.25) is 5.02 Å². The fourth-order valence-corrected chi connectivity index (χ4v) is 3.37. The molecule has 1 unspecified atom stereocenters. The standard InChI is InChI=1S/C18H15ClF3NO2S/c1-17(24,18(20,21)22)9-8-11-6-7-14(12(19)10-11)25-16-23-13-4-2-3-5-15(13)26-16/h2-7,10,24H,8-9H2,1H3. The Morgan fingerprint density at radius 3 is 2.58 bits per heavy atom. The number of aliphatic hydroxyl groups is 1. The van der Waals surface area contributed by atoms with Gasteiger partial charge in [-0.15, -0.1) is 0 Å². The molecular formula is C18H15ClF3NO2S. The lowest BCUT2D eigenvalue weighted by molar-refractivity contribution is -0.254. The van der Waals surface area contributed by atoms with E-state index in [1.807, 2.05) is 24.3 Å². The summed E-state index contributed by atoms with van der Waals surface area (Å²) in [5.74, 6) is 0.372. The second kappa shape index (κ2) is 7.06. The summed E-state index contributed by atoms with van der Waals surface area (Å²) >= 11 is 7.56. The molecule has 0 aliphatic heterocycles. The first kappa shape index (κ1) is 18.9. The van der Waals surface area contributed by atoms with Crippen molar-refractivity contribution in [2.45, 2.75) is 31.5 Å².